The van der Waals surface area contributed by atoms with Gasteiger partial charge >= 0.3 is 5.97 Å². The summed E-state index contributed by atoms with van der Waals surface area (Å²) in [6, 6.07) is 1.93. The maximum Gasteiger partial charge on any atom is 0.337 e. The summed E-state index contributed by atoms with van der Waals surface area (Å²) in [5.41, 5.74) is 0.885. The molecule has 0 aliphatic carbocycles. The van der Waals surface area contributed by atoms with Crippen molar-refractivity contribution in [3.05, 3.63) is 11.3 Å². The molecule has 0 atom stereocenters. The van der Waals surface area contributed by atoms with Crippen LogP contribution >= 0.6 is 0 Å². The highest BCUT2D eigenvalue weighted by atomic mass is 28.4. The minimum Gasteiger partial charge on any atom is -0.516 e. The normalized spacial score (nSPS) is 19.1. The van der Waals surface area contributed by atoms with Crippen molar-refractivity contribution in [2.45, 2.75) is 32.5 Å². The van der Waals surface area contributed by atoms with Crippen molar-refractivity contribution in [3.63, 3.8) is 0 Å². The first kappa shape index (κ1) is 11.8. The minimum atomic E-state index is -1.91. The van der Waals surface area contributed by atoms with E-state index in [0.29, 0.717) is 0 Å². The lowest BCUT2D eigenvalue weighted by Crippen LogP contribution is -2.30. The zero-order valence-electron chi connectivity index (χ0n) is 9.39. The smallest absolute Gasteiger partial charge is 0.337 e. The summed E-state index contributed by atoms with van der Waals surface area (Å²) in [5.74, 6) is -0.471. The van der Waals surface area contributed by atoms with Crippen LogP contribution in [0, 0.1) is 11.3 Å². The summed E-state index contributed by atoms with van der Waals surface area (Å²) in [4.78, 5) is 11.7. The Bertz CT molecular complexity index is 328. The van der Waals surface area contributed by atoms with Crippen molar-refractivity contribution >= 4 is 14.3 Å². The molecule has 0 unspecified atom stereocenters. The molecule has 1 N–H and O–H groups in total. The lowest BCUT2D eigenvalue weighted by Gasteiger charge is -2.17. The molecule has 1 heterocycles. The number of nitriles is 1. The molecule has 4 nitrogen and oxygen atoms in total. The van der Waals surface area contributed by atoms with Crippen molar-refractivity contribution in [2.75, 3.05) is 6.54 Å². The van der Waals surface area contributed by atoms with E-state index in [1.54, 1.807) is 0 Å². The van der Waals surface area contributed by atoms with Crippen molar-refractivity contribution in [1.29, 1.82) is 5.26 Å². The summed E-state index contributed by atoms with van der Waals surface area (Å²) in [7, 11) is -1.91. The van der Waals surface area contributed by atoms with E-state index in [1.165, 1.54) is 0 Å². The van der Waals surface area contributed by atoms with Crippen molar-refractivity contribution in [2.24, 2.45) is 0 Å². The Morgan fingerprint density at radius 1 is 1.53 bits per heavy atom. The standard InChI is InChI=1S/C10H16N2O2Si/c1-15(2,3)14-10(13)8(7-11)9-5-4-6-12-9/h12H,4-6H2,1-3H3/b9-8-. The highest BCUT2D eigenvalue weighted by Gasteiger charge is 2.25. The molecule has 0 aromatic heterocycles. The van der Waals surface area contributed by atoms with Crippen LogP contribution in [-0.2, 0) is 9.22 Å². The van der Waals surface area contributed by atoms with E-state index in [9.17, 15) is 4.79 Å². The van der Waals surface area contributed by atoms with Crippen LogP contribution in [0.25, 0.3) is 0 Å². The Kier molecular flexibility index (Phi) is 3.53. The van der Waals surface area contributed by atoms with Gasteiger partial charge < -0.3 is 9.74 Å². The van der Waals surface area contributed by atoms with Gasteiger partial charge in [-0.05, 0) is 32.5 Å². The fourth-order valence-electron chi connectivity index (χ4n) is 1.37. The van der Waals surface area contributed by atoms with Crippen LogP contribution in [0.1, 0.15) is 12.8 Å². The molecule has 82 valence electrons. The Morgan fingerprint density at radius 3 is 2.60 bits per heavy atom. The maximum atomic E-state index is 11.7. The second-order valence-corrected chi connectivity index (χ2v) is 8.93. The molecule has 0 amide bonds. The largest absolute Gasteiger partial charge is 0.516 e. The monoisotopic (exact) mass is 224 g/mol. The van der Waals surface area contributed by atoms with Gasteiger partial charge in [0.2, 0.25) is 8.32 Å². The van der Waals surface area contributed by atoms with Crippen LogP contribution in [0.15, 0.2) is 11.3 Å². The van der Waals surface area contributed by atoms with Crippen molar-refractivity contribution in [1.82, 2.24) is 5.32 Å². The lowest BCUT2D eigenvalue weighted by atomic mass is 10.2. The Morgan fingerprint density at radius 2 is 2.20 bits per heavy atom. The molecule has 15 heavy (non-hydrogen) atoms. The first-order chi connectivity index (χ1) is 6.94. The molecule has 0 aromatic rings. The van der Waals surface area contributed by atoms with Gasteiger partial charge in [-0.2, -0.15) is 5.26 Å². The van der Waals surface area contributed by atoms with E-state index in [2.05, 4.69) is 5.32 Å². The van der Waals surface area contributed by atoms with Gasteiger partial charge in [0.05, 0.1) is 0 Å². The number of nitrogens with zero attached hydrogens (tertiary/aromatic N) is 1. The van der Waals surface area contributed by atoms with Crippen LogP contribution in [-0.4, -0.2) is 20.8 Å². The third-order valence-electron chi connectivity index (χ3n) is 1.96. The summed E-state index contributed by atoms with van der Waals surface area (Å²) in [6.07, 6.45) is 1.74. The van der Waals surface area contributed by atoms with Crippen molar-refractivity contribution in [3.8, 4) is 6.07 Å². The van der Waals surface area contributed by atoms with E-state index >= 15 is 0 Å². The zero-order valence-corrected chi connectivity index (χ0v) is 10.4. The van der Waals surface area contributed by atoms with Gasteiger partial charge in [0.15, 0.2) is 5.57 Å². The molecule has 1 rings (SSSR count). The predicted octanol–water partition coefficient (Wildman–Crippen LogP) is 1.53. The first-order valence-electron chi connectivity index (χ1n) is 5.04. The Labute approximate surface area is 91.1 Å². The van der Waals surface area contributed by atoms with Crippen LogP contribution < -0.4 is 5.32 Å². The van der Waals surface area contributed by atoms with Gasteiger partial charge in [-0.15, -0.1) is 0 Å². The predicted molar refractivity (Wildman–Crippen MR) is 59.3 cm³/mol. The van der Waals surface area contributed by atoms with Crippen LogP contribution in [0.3, 0.4) is 0 Å². The quantitative estimate of drug-likeness (QED) is 0.439. The van der Waals surface area contributed by atoms with E-state index in [4.69, 9.17) is 9.69 Å². The molecule has 0 aromatic carbocycles. The van der Waals surface area contributed by atoms with E-state index in [1.807, 2.05) is 25.7 Å². The van der Waals surface area contributed by atoms with Crippen LogP contribution in [0.5, 0.6) is 0 Å². The number of allylic oxidation sites excluding steroid dienone is 1. The zero-order chi connectivity index (χ0) is 11.5. The summed E-state index contributed by atoms with van der Waals surface area (Å²) < 4.78 is 5.28. The highest BCUT2D eigenvalue weighted by molar-refractivity contribution is 6.71. The number of carbonyl (C=O) groups is 1. The van der Waals surface area contributed by atoms with Gasteiger partial charge in [-0.1, -0.05) is 0 Å². The summed E-state index contributed by atoms with van der Waals surface area (Å²) in [6.45, 7) is 6.60. The minimum absolute atomic E-state index is 0.148. The third-order valence-corrected chi connectivity index (χ3v) is 2.76. The average molecular weight is 224 g/mol. The fraction of sp³-hybridized carbons (Fsp3) is 0.600. The number of nitrogens with one attached hydrogen (secondary N) is 1. The molecule has 1 aliphatic rings. The number of rotatable bonds is 2. The van der Waals surface area contributed by atoms with Gasteiger partial charge in [0.25, 0.3) is 0 Å². The number of carbonyl (C=O) groups excluding carboxylic acids is 1. The highest BCUT2D eigenvalue weighted by Crippen LogP contribution is 2.16. The van der Waals surface area contributed by atoms with Gasteiger partial charge in [-0.25, -0.2) is 4.79 Å². The third kappa shape index (κ3) is 3.40. The molecule has 1 saturated heterocycles. The SMILES string of the molecule is C[Si](C)(C)OC(=O)/C(C#N)=C1/CCCN1. The number of hydrogen-bond acceptors (Lipinski definition) is 4. The molecular formula is C10H16N2O2Si. The molecule has 0 spiro atoms. The summed E-state index contributed by atoms with van der Waals surface area (Å²) in [5, 5.41) is 12.0. The fourth-order valence-corrected chi connectivity index (χ4v) is 2.03. The van der Waals surface area contributed by atoms with E-state index < -0.39 is 14.3 Å². The first-order valence-corrected chi connectivity index (χ1v) is 8.45. The summed E-state index contributed by atoms with van der Waals surface area (Å²) >= 11 is 0. The molecule has 1 fully saturated rings. The topological polar surface area (TPSA) is 62.1 Å². The van der Waals surface area contributed by atoms with Gasteiger partial charge in [0.1, 0.15) is 6.07 Å². The second kappa shape index (κ2) is 4.49. The maximum absolute atomic E-state index is 11.7. The van der Waals surface area contributed by atoms with E-state index in [0.717, 1.165) is 25.1 Å². The lowest BCUT2D eigenvalue weighted by molar-refractivity contribution is -0.130. The molecular weight excluding hydrogens is 208 g/mol. The second-order valence-electron chi connectivity index (χ2n) is 4.50. The van der Waals surface area contributed by atoms with Crippen LogP contribution in [0.4, 0.5) is 0 Å². The molecule has 1 aliphatic heterocycles. The van der Waals surface area contributed by atoms with E-state index in [-0.39, 0.29) is 5.57 Å². The number of hydrogen-bond donors (Lipinski definition) is 1. The molecule has 0 radical (unpaired) electrons. The molecule has 0 saturated carbocycles. The molecule has 5 heteroatoms. The van der Waals surface area contributed by atoms with Gasteiger partial charge in [0, 0.05) is 12.2 Å². The van der Waals surface area contributed by atoms with Gasteiger partial charge in [-0.3, -0.25) is 0 Å². The molecule has 0 bridgehead atoms. The average Bonchev–Trinajstić information content (AvgIpc) is 2.54. The van der Waals surface area contributed by atoms with Crippen molar-refractivity contribution < 1.29 is 9.22 Å². The Hall–Kier alpha value is -1.28. The van der Waals surface area contributed by atoms with Crippen LogP contribution in [0.2, 0.25) is 19.6 Å². The Balaban J connectivity index is 2.81.